The van der Waals surface area contributed by atoms with Crippen LogP contribution >= 0.6 is 0 Å². The van der Waals surface area contributed by atoms with Gasteiger partial charge >= 0.3 is 18.0 Å². The molecule has 0 saturated carbocycles. The molecule has 2 atom stereocenters. The van der Waals surface area contributed by atoms with Gasteiger partial charge < -0.3 is 20.8 Å². The lowest BCUT2D eigenvalue weighted by Crippen LogP contribution is -2.48. The van der Waals surface area contributed by atoms with Gasteiger partial charge in [-0.25, -0.2) is 9.59 Å². The zero-order chi connectivity index (χ0) is 13.4. The van der Waals surface area contributed by atoms with Crippen LogP contribution in [0.4, 0.5) is 4.79 Å². The zero-order valence-corrected chi connectivity index (χ0v) is 9.47. The van der Waals surface area contributed by atoms with E-state index in [-0.39, 0.29) is 18.9 Å². The van der Waals surface area contributed by atoms with Gasteiger partial charge in [-0.3, -0.25) is 4.79 Å². The number of nitrogens with one attached hydrogen (secondary N) is 2. The van der Waals surface area contributed by atoms with Crippen LogP contribution in [0.1, 0.15) is 19.8 Å². The Bertz CT molecular complexity index is 316. The van der Waals surface area contributed by atoms with E-state index in [0.717, 1.165) is 0 Å². The molecule has 0 heterocycles. The maximum atomic E-state index is 11.3. The normalized spacial score (nSPS) is 13.2. The number of rotatable bonds is 7. The molecule has 0 aliphatic heterocycles. The van der Waals surface area contributed by atoms with Crippen LogP contribution in [0, 0.1) is 0 Å². The molecule has 17 heavy (non-hydrogen) atoms. The van der Waals surface area contributed by atoms with Crippen LogP contribution in [0.3, 0.4) is 0 Å². The number of aliphatic carboxylic acids is 2. The summed E-state index contributed by atoms with van der Waals surface area (Å²) < 4.78 is 0. The van der Waals surface area contributed by atoms with Crippen molar-refractivity contribution in [3.05, 3.63) is 12.7 Å². The first-order valence-corrected chi connectivity index (χ1v) is 5.01. The molecule has 0 saturated heterocycles. The van der Waals surface area contributed by atoms with Crippen LogP contribution in [-0.4, -0.2) is 40.3 Å². The quantitative estimate of drug-likeness (QED) is 0.477. The van der Waals surface area contributed by atoms with E-state index in [0.29, 0.717) is 0 Å². The van der Waals surface area contributed by atoms with E-state index in [2.05, 4.69) is 17.2 Å². The summed E-state index contributed by atoms with van der Waals surface area (Å²) in [6, 6.07) is -2.19. The van der Waals surface area contributed by atoms with Crippen molar-refractivity contribution in [3.8, 4) is 0 Å². The van der Waals surface area contributed by atoms with Gasteiger partial charge in [0.25, 0.3) is 0 Å². The van der Waals surface area contributed by atoms with Gasteiger partial charge in [0.05, 0.1) is 0 Å². The van der Waals surface area contributed by atoms with Crippen LogP contribution in [0.2, 0.25) is 0 Å². The van der Waals surface area contributed by atoms with E-state index < -0.39 is 24.0 Å². The largest absolute Gasteiger partial charge is 0.481 e. The van der Waals surface area contributed by atoms with Gasteiger partial charge in [-0.05, 0) is 13.3 Å². The third kappa shape index (κ3) is 6.93. The second-order valence-electron chi connectivity index (χ2n) is 3.47. The summed E-state index contributed by atoms with van der Waals surface area (Å²) in [6.07, 6.45) is 0.988. The summed E-state index contributed by atoms with van der Waals surface area (Å²) >= 11 is 0. The highest BCUT2D eigenvalue weighted by atomic mass is 16.4. The Balaban J connectivity index is 4.24. The van der Waals surface area contributed by atoms with Crippen molar-refractivity contribution in [1.29, 1.82) is 0 Å². The van der Waals surface area contributed by atoms with Gasteiger partial charge in [0, 0.05) is 12.5 Å². The van der Waals surface area contributed by atoms with E-state index in [4.69, 9.17) is 10.2 Å². The first-order chi connectivity index (χ1) is 7.86. The molecule has 2 unspecified atom stereocenters. The minimum atomic E-state index is -1.27. The monoisotopic (exact) mass is 244 g/mol. The second kappa shape index (κ2) is 7.26. The standard InChI is InChI=1S/C10H16N2O5/c1-3-6(2)11-10(17)12-7(9(15)16)4-5-8(13)14/h3,6-7H,1,4-5H2,2H3,(H,13,14)(H,15,16)(H2,11,12,17). The fourth-order valence-corrected chi connectivity index (χ4v) is 0.991. The van der Waals surface area contributed by atoms with E-state index >= 15 is 0 Å². The summed E-state index contributed by atoms with van der Waals surface area (Å²) in [4.78, 5) is 32.3. The van der Waals surface area contributed by atoms with E-state index in [9.17, 15) is 14.4 Å². The van der Waals surface area contributed by atoms with Gasteiger partial charge in [0.15, 0.2) is 0 Å². The molecule has 7 heteroatoms. The number of amides is 2. The number of carboxylic acid groups (broad SMARTS) is 2. The Kier molecular flexibility index (Phi) is 6.39. The summed E-state index contributed by atoms with van der Waals surface area (Å²) in [5.74, 6) is -2.38. The van der Waals surface area contributed by atoms with Gasteiger partial charge in [0.1, 0.15) is 6.04 Å². The molecule has 0 aromatic carbocycles. The zero-order valence-electron chi connectivity index (χ0n) is 9.47. The Morgan fingerprint density at radius 3 is 2.29 bits per heavy atom. The summed E-state index contributed by atoms with van der Waals surface area (Å²) in [5, 5.41) is 21.8. The van der Waals surface area contributed by atoms with Gasteiger partial charge in [-0.15, -0.1) is 6.58 Å². The number of urea groups is 1. The summed E-state index contributed by atoms with van der Waals surface area (Å²) in [5.41, 5.74) is 0. The fraction of sp³-hybridized carbons (Fsp3) is 0.500. The number of carbonyl (C=O) groups is 3. The maximum absolute atomic E-state index is 11.3. The lowest BCUT2D eigenvalue weighted by molar-refractivity contribution is -0.140. The molecule has 2 amide bonds. The van der Waals surface area contributed by atoms with Gasteiger partial charge in [0.2, 0.25) is 0 Å². The third-order valence-electron chi connectivity index (χ3n) is 1.96. The highest BCUT2D eigenvalue weighted by Gasteiger charge is 2.21. The van der Waals surface area contributed by atoms with E-state index in [1.165, 1.54) is 6.08 Å². The molecule has 0 fully saturated rings. The van der Waals surface area contributed by atoms with Gasteiger partial charge in [-0.2, -0.15) is 0 Å². The van der Waals surface area contributed by atoms with Crippen molar-refractivity contribution in [1.82, 2.24) is 10.6 Å². The summed E-state index contributed by atoms with van der Waals surface area (Å²) in [6.45, 7) is 5.12. The third-order valence-corrected chi connectivity index (χ3v) is 1.96. The van der Waals surface area contributed by atoms with Crippen molar-refractivity contribution in [2.75, 3.05) is 0 Å². The number of hydrogen-bond donors (Lipinski definition) is 4. The SMILES string of the molecule is C=CC(C)NC(=O)NC(CCC(=O)O)C(=O)O. The lowest BCUT2D eigenvalue weighted by atomic mass is 10.1. The minimum Gasteiger partial charge on any atom is -0.481 e. The number of carbonyl (C=O) groups excluding carboxylic acids is 1. The van der Waals surface area contributed by atoms with E-state index in [1.807, 2.05) is 0 Å². The smallest absolute Gasteiger partial charge is 0.326 e. The van der Waals surface area contributed by atoms with Crippen molar-refractivity contribution in [2.45, 2.75) is 31.8 Å². The molecule has 96 valence electrons. The van der Waals surface area contributed by atoms with Gasteiger partial charge in [-0.1, -0.05) is 6.08 Å². The van der Waals surface area contributed by atoms with Crippen LogP contribution in [-0.2, 0) is 9.59 Å². The van der Waals surface area contributed by atoms with Crippen LogP contribution < -0.4 is 10.6 Å². The first-order valence-electron chi connectivity index (χ1n) is 5.01. The molecule has 4 N–H and O–H groups in total. The summed E-state index contributed by atoms with van der Waals surface area (Å²) in [7, 11) is 0. The lowest BCUT2D eigenvalue weighted by Gasteiger charge is -2.16. The average molecular weight is 244 g/mol. The molecular formula is C10H16N2O5. The molecule has 0 aliphatic carbocycles. The predicted molar refractivity (Wildman–Crippen MR) is 59.6 cm³/mol. The Labute approximate surface area is 98.5 Å². The predicted octanol–water partition coefficient (Wildman–Crippen LogP) is 0.178. The van der Waals surface area contributed by atoms with Crippen molar-refractivity contribution in [2.24, 2.45) is 0 Å². The van der Waals surface area contributed by atoms with Crippen molar-refractivity contribution >= 4 is 18.0 Å². The number of carboxylic acids is 2. The molecule has 0 bridgehead atoms. The Morgan fingerprint density at radius 1 is 1.29 bits per heavy atom. The molecule has 0 spiro atoms. The Morgan fingerprint density at radius 2 is 1.88 bits per heavy atom. The molecule has 0 radical (unpaired) electrons. The highest BCUT2D eigenvalue weighted by molar-refractivity contribution is 5.83. The topological polar surface area (TPSA) is 116 Å². The molecule has 0 aromatic heterocycles. The molecule has 0 aromatic rings. The van der Waals surface area contributed by atoms with Crippen LogP contribution in [0.5, 0.6) is 0 Å². The Hall–Kier alpha value is -2.05. The molecule has 0 rings (SSSR count). The van der Waals surface area contributed by atoms with Crippen molar-refractivity contribution in [3.63, 3.8) is 0 Å². The van der Waals surface area contributed by atoms with Crippen LogP contribution in [0.25, 0.3) is 0 Å². The van der Waals surface area contributed by atoms with Crippen molar-refractivity contribution < 1.29 is 24.6 Å². The van der Waals surface area contributed by atoms with E-state index in [1.54, 1.807) is 6.92 Å². The maximum Gasteiger partial charge on any atom is 0.326 e. The highest BCUT2D eigenvalue weighted by Crippen LogP contribution is 1.98. The molecule has 7 nitrogen and oxygen atoms in total. The average Bonchev–Trinajstić information content (AvgIpc) is 2.23. The minimum absolute atomic E-state index is 0.166. The molecule has 0 aliphatic rings. The number of hydrogen-bond acceptors (Lipinski definition) is 3. The molecular weight excluding hydrogens is 228 g/mol. The first kappa shape index (κ1) is 14.9. The fourth-order valence-electron chi connectivity index (χ4n) is 0.991. The van der Waals surface area contributed by atoms with Crippen LogP contribution in [0.15, 0.2) is 12.7 Å². The second-order valence-corrected chi connectivity index (χ2v) is 3.47.